The first-order chi connectivity index (χ1) is 46.5. The van der Waals surface area contributed by atoms with Crippen molar-refractivity contribution in [3.8, 4) is 0 Å². The first kappa shape index (κ1) is 75.8. The number of aryl methyl sites for hydroxylation is 6. The molecule has 14 atom stereocenters. The third-order valence-electron chi connectivity index (χ3n) is 16.9. The number of aromatic amines is 4. The third kappa shape index (κ3) is 18.9. The summed E-state index contributed by atoms with van der Waals surface area (Å²) < 4.78 is 96.4. The molecule has 0 amide bonds. The van der Waals surface area contributed by atoms with Crippen molar-refractivity contribution in [3.05, 3.63) is 188 Å². The highest BCUT2D eigenvalue weighted by atomic mass is 31.2. The van der Waals surface area contributed by atoms with Crippen LogP contribution in [0.4, 0.5) is 0 Å². The van der Waals surface area contributed by atoms with Crippen LogP contribution in [-0.2, 0) is 64.8 Å². The van der Waals surface area contributed by atoms with Crippen molar-refractivity contribution in [1.29, 1.82) is 0 Å². The number of esters is 1. The Morgan fingerprint density at radius 1 is 0.520 bits per heavy atom. The molecule has 4 aromatic heterocycles. The Hall–Kier alpha value is -7.92. The van der Waals surface area contributed by atoms with Crippen LogP contribution < -0.4 is 45.0 Å². The van der Waals surface area contributed by atoms with Crippen LogP contribution in [0.1, 0.15) is 146 Å². The van der Waals surface area contributed by atoms with E-state index < -0.39 is 154 Å². The molecule has 4 aliphatic rings. The van der Waals surface area contributed by atoms with Gasteiger partial charge in [-0.1, -0.05) is 13.8 Å². The van der Waals surface area contributed by atoms with Gasteiger partial charge in [-0.2, -0.15) is 0 Å². The van der Waals surface area contributed by atoms with Crippen molar-refractivity contribution in [2.24, 2.45) is 0 Å². The summed E-state index contributed by atoms with van der Waals surface area (Å²) in [6.45, 7) is 27.8. The summed E-state index contributed by atoms with van der Waals surface area (Å²) in [4.78, 5) is 139. The van der Waals surface area contributed by atoms with Crippen molar-refractivity contribution in [3.63, 3.8) is 0 Å². The lowest BCUT2D eigenvalue weighted by Gasteiger charge is -2.25. The van der Waals surface area contributed by atoms with E-state index in [1.807, 2.05) is 32.9 Å². The lowest BCUT2D eigenvalue weighted by Crippen LogP contribution is -2.33. The standard InChI is InChI=1S/C38H48N5O13P.C24H32N5O11P/c1-8-28-30(17-33(53-28)43-19-24(5)36(47)41-38(43)49)56-57(50,51-13-12-39-7)52-20-31-29(16-32(54-31)42-18-23(4)35(46)40-37(42)48)55-34(45)11-9-10-27(44)26-14-21(2)25(6)22(3)15-26;1-5-16-17(9-20(38-16)29-11-14(3)22(32)27-24(29)34)40-41(35,36-7-6-25-4)37-12-18-15(30)8-19(39-18)28-10-13(2)21(31)26-23(28)33/h14-15,18-19,28-33H,8-13,16-17,20H2,1-6H3,(H,40,46,48)(H,41,47,49);10-11,15-20,30H,5-9,12H2,1-3H3,(H,26,31,33)(H,27,32,34). The lowest BCUT2D eigenvalue weighted by atomic mass is 9.97. The number of hydrogen-bond donors (Lipinski definition) is 5. The number of aliphatic hydroxyl groups is 1. The molecule has 0 aliphatic carbocycles. The molecule has 0 saturated carbocycles. The Bertz CT molecular complexity index is 4400. The van der Waals surface area contributed by atoms with E-state index in [9.17, 15) is 62.2 Å². The van der Waals surface area contributed by atoms with Gasteiger partial charge < -0.3 is 38.5 Å². The lowest BCUT2D eigenvalue weighted by molar-refractivity contribution is -0.153. The third-order valence-corrected chi connectivity index (χ3v) is 19.9. The predicted octanol–water partition coefficient (Wildman–Crippen LogP) is 4.52. The number of aliphatic hydroxyl groups excluding tert-OH is 1. The van der Waals surface area contributed by atoms with Crippen LogP contribution in [0.15, 0.2) is 75.3 Å². The summed E-state index contributed by atoms with van der Waals surface area (Å²) in [6.07, 6.45) is -4.71. The number of carbonyl (C=O) groups excluding carboxylic acids is 2. The minimum Gasteiger partial charge on any atom is -0.459 e. The summed E-state index contributed by atoms with van der Waals surface area (Å²) >= 11 is 0. The molecule has 4 fully saturated rings. The number of Topliss-reactive ketones (excluding diaryl/α,β-unsaturated/α-hetero) is 1. The van der Waals surface area contributed by atoms with Crippen LogP contribution in [0.5, 0.6) is 0 Å². The normalized spacial score (nSPS) is 24.8. The summed E-state index contributed by atoms with van der Waals surface area (Å²) in [6, 6.07) is 3.65. The molecule has 5 N–H and O–H groups in total. The maximum absolute atomic E-state index is 14.2. The number of carbonyl (C=O) groups is 2. The van der Waals surface area contributed by atoms with Crippen LogP contribution in [-0.4, -0.2) is 143 Å². The molecule has 34 nitrogen and oxygen atoms in total. The van der Waals surface area contributed by atoms with Gasteiger partial charge in [0.25, 0.3) is 22.2 Å². The Morgan fingerprint density at radius 3 is 1.27 bits per heavy atom. The number of phosphoric acid groups is 2. The highest BCUT2D eigenvalue weighted by Gasteiger charge is 2.47. The van der Waals surface area contributed by atoms with E-state index in [4.69, 9.17) is 64.0 Å². The smallest absolute Gasteiger partial charge is 0.459 e. The molecule has 98 heavy (non-hydrogen) atoms. The van der Waals surface area contributed by atoms with Crippen LogP contribution in [0, 0.1) is 61.6 Å². The van der Waals surface area contributed by atoms with E-state index in [1.165, 1.54) is 54.7 Å². The summed E-state index contributed by atoms with van der Waals surface area (Å²) in [5, 5.41) is 10.6. The second-order valence-corrected chi connectivity index (χ2v) is 27.2. The van der Waals surface area contributed by atoms with Crippen LogP contribution >= 0.6 is 15.6 Å². The predicted molar refractivity (Wildman–Crippen MR) is 345 cm³/mol. The molecule has 5 aromatic rings. The minimum absolute atomic E-state index is 0.00739. The summed E-state index contributed by atoms with van der Waals surface area (Å²) in [5.41, 5.74) is -0.312. The largest absolute Gasteiger partial charge is 0.475 e. The van der Waals surface area contributed by atoms with E-state index in [0.29, 0.717) is 24.0 Å². The number of benzene rings is 1. The van der Waals surface area contributed by atoms with E-state index in [-0.39, 0.29) is 93.7 Å². The van der Waals surface area contributed by atoms with Gasteiger partial charge in [-0.25, -0.2) is 41.5 Å². The Kier molecular flexibility index (Phi) is 25.8. The number of nitrogens with one attached hydrogen (secondary N) is 4. The van der Waals surface area contributed by atoms with Crippen LogP contribution in [0.3, 0.4) is 0 Å². The van der Waals surface area contributed by atoms with E-state index >= 15 is 0 Å². The maximum atomic E-state index is 14.2. The number of ketones is 1. The second-order valence-electron chi connectivity index (χ2n) is 24.0. The number of ether oxygens (including phenoxy) is 5. The van der Waals surface area contributed by atoms with Crippen molar-refractivity contribution >= 4 is 27.4 Å². The van der Waals surface area contributed by atoms with E-state index in [1.54, 1.807) is 20.8 Å². The number of aromatic nitrogens is 8. The fourth-order valence-electron chi connectivity index (χ4n) is 11.3. The van der Waals surface area contributed by atoms with Gasteiger partial charge in [-0.3, -0.25) is 94.1 Å². The first-order valence-corrected chi connectivity index (χ1v) is 34.6. The Balaban J connectivity index is 0.000000264. The fourth-order valence-corrected chi connectivity index (χ4v) is 14.1. The number of H-pyrrole nitrogens is 4. The molecule has 0 spiro atoms. The molecule has 14 unspecified atom stereocenters. The highest BCUT2D eigenvalue weighted by molar-refractivity contribution is 7.48. The van der Waals surface area contributed by atoms with Gasteiger partial charge in [0.05, 0.1) is 43.7 Å². The SMILES string of the molecule is [C-]#[N+]CCOP(=O)(OCC1OC(n2cc(C)c(=O)[nH]c2=O)CC1O)OC1CC(n2cc(C)c(=O)[nH]c2=O)OC1CC.[C-]#[N+]CCOP(=O)(OCC1OC(n2cc(C)c(=O)[nH]c2=O)CC1OC(=O)CCCC(=O)c1cc(C)c(C)c(C)c1)OC1CC(n2cc(C)c(=O)[nH]c2=O)OC1CC. The van der Waals surface area contributed by atoms with Crippen molar-refractivity contribution in [2.45, 2.75) is 194 Å². The highest BCUT2D eigenvalue weighted by Crippen LogP contribution is 2.55. The molecule has 8 heterocycles. The second kappa shape index (κ2) is 33.3. The molecule has 36 heteroatoms. The number of rotatable bonds is 28. The van der Waals surface area contributed by atoms with Gasteiger partial charge in [0.15, 0.2) is 5.78 Å². The van der Waals surface area contributed by atoms with E-state index in [2.05, 4.69) is 29.6 Å². The van der Waals surface area contributed by atoms with Gasteiger partial charge in [0.2, 0.25) is 13.1 Å². The van der Waals surface area contributed by atoms with Crippen LogP contribution in [0.25, 0.3) is 9.69 Å². The van der Waals surface area contributed by atoms with Gasteiger partial charge in [0.1, 0.15) is 56.4 Å². The van der Waals surface area contributed by atoms with Gasteiger partial charge >= 0.3 is 44.4 Å². The average molecular weight is 1410 g/mol. The Labute approximate surface area is 559 Å². The molecular formula is C62H80N10O24P2. The molecule has 1 aromatic carbocycles. The van der Waals surface area contributed by atoms with Crippen molar-refractivity contribution in [2.75, 3.05) is 39.5 Å². The summed E-state index contributed by atoms with van der Waals surface area (Å²) in [5.74, 6) is -0.764. The molecular weight excluding hydrogens is 1330 g/mol. The van der Waals surface area contributed by atoms with Gasteiger partial charge in [-0.05, 0) is 96.6 Å². The zero-order valence-corrected chi connectivity index (χ0v) is 57.2. The topological polar surface area (TPSA) is 418 Å². The molecule has 9 rings (SSSR count). The molecule has 532 valence electrons. The maximum Gasteiger partial charge on any atom is 0.475 e. The molecule has 4 saturated heterocycles. The zero-order valence-electron chi connectivity index (χ0n) is 55.4. The zero-order chi connectivity index (χ0) is 71.5. The number of phosphoric ester groups is 2. The first-order valence-electron chi connectivity index (χ1n) is 31.7. The quantitative estimate of drug-likeness (QED) is 0.0151. The summed E-state index contributed by atoms with van der Waals surface area (Å²) in [7, 11) is -8.90. The van der Waals surface area contributed by atoms with Crippen molar-refractivity contribution in [1.82, 2.24) is 38.2 Å². The Morgan fingerprint density at radius 2 is 0.878 bits per heavy atom. The molecule has 0 bridgehead atoms. The average Bonchev–Trinajstić information content (AvgIpc) is 1.62. The van der Waals surface area contributed by atoms with E-state index in [0.717, 1.165) is 25.8 Å². The fraction of sp³-hybridized carbons (Fsp3) is 0.581. The van der Waals surface area contributed by atoms with Gasteiger partial charge in [-0.15, -0.1) is 0 Å². The number of hydrogen-bond acceptors (Lipinski definition) is 24. The minimum atomic E-state index is -4.54. The van der Waals surface area contributed by atoms with Gasteiger partial charge in [0, 0.05) is 91.1 Å². The molecule has 0 radical (unpaired) electrons. The van der Waals surface area contributed by atoms with Crippen molar-refractivity contribution < 1.29 is 74.7 Å². The molecule has 4 aliphatic heterocycles. The number of nitrogens with zero attached hydrogens (tertiary/aromatic N) is 6. The monoisotopic (exact) mass is 1410 g/mol. The van der Waals surface area contributed by atoms with Crippen LogP contribution in [0.2, 0.25) is 0 Å².